The van der Waals surface area contributed by atoms with E-state index in [1.807, 2.05) is 0 Å². The summed E-state index contributed by atoms with van der Waals surface area (Å²) >= 11 is 0. The maximum atomic E-state index is 13.3. The van der Waals surface area contributed by atoms with Crippen LogP contribution in [0.25, 0.3) is 11.0 Å². The topological polar surface area (TPSA) is 64.0 Å². The standard InChI is InChI=1S/C18H17F4N3O2S/c1-3-25-16-9-12(18(20,21)22)7-8-15(16)23-17(25)11(2)24-28(26,27)14-6-4-5-13(19)10-14/h4-11,24H,3H2,1-2H3/t11-/m1/s1. The van der Waals surface area contributed by atoms with Crippen LogP contribution < -0.4 is 4.72 Å². The summed E-state index contributed by atoms with van der Waals surface area (Å²) in [6.45, 7) is 3.53. The largest absolute Gasteiger partial charge is 0.416 e. The van der Waals surface area contributed by atoms with E-state index in [1.165, 1.54) is 29.7 Å². The molecular formula is C18H17F4N3O2S. The van der Waals surface area contributed by atoms with Gasteiger partial charge in [-0.05, 0) is 50.2 Å². The van der Waals surface area contributed by atoms with Gasteiger partial charge in [-0.2, -0.15) is 13.2 Å². The molecule has 0 radical (unpaired) electrons. The summed E-state index contributed by atoms with van der Waals surface area (Å²) in [5.74, 6) is -0.437. The number of aryl methyl sites for hydroxylation is 1. The molecule has 3 rings (SSSR count). The summed E-state index contributed by atoms with van der Waals surface area (Å²) in [6.07, 6.45) is -4.50. The molecule has 1 N–H and O–H groups in total. The van der Waals surface area contributed by atoms with Gasteiger partial charge in [0.2, 0.25) is 10.0 Å². The number of nitrogens with zero attached hydrogens (tertiary/aromatic N) is 2. The number of hydrogen-bond acceptors (Lipinski definition) is 3. The van der Waals surface area contributed by atoms with Crippen LogP contribution in [0.2, 0.25) is 0 Å². The van der Waals surface area contributed by atoms with E-state index in [-0.39, 0.29) is 16.2 Å². The zero-order chi connectivity index (χ0) is 20.7. The summed E-state index contributed by atoms with van der Waals surface area (Å²) in [5, 5.41) is 0. The van der Waals surface area contributed by atoms with E-state index in [1.54, 1.807) is 6.92 Å². The zero-order valence-corrected chi connectivity index (χ0v) is 15.8. The number of nitrogens with one attached hydrogen (secondary N) is 1. The minimum absolute atomic E-state index is 0.252. The van der Waals surface area contributed by atoms with E-state index in [0.29, 0.717) is 12.1 Å². The van der Waals surface area contributed by atoms with Crippen molar-refractivity contribution >= 4 is 21.1 Å². The number of fused-ring (bicyclic) bond motifs is 1. The van der Waals surface area contributed by atoms with Crippen molar-refractivity contribution in [2.24, 2.45) is 0 Å². The highest BCUT2D eigenvalue weighted by atomic mass is 32.2. The predicted octanol–water partition coefficient (Wildman–Crippen LogP) is 4.25. The maximum Gasteiger partial charge on any atom is 0.416 e. The second-order valence-corrected chi connectivity index (χ2v) is 7.93. The zero-order valence-electron chi connectivity index (χ0n) is 15.0. The molecule has 0 aliphatic rings. The molecule has 0 fully saturated rings. The minimum atomic E-state index is -4.50. The fourth-order valence-corrected chi connectivity index (χ4v) is 4.20. The predicted molar refractivity (Wildman–Crippen MR) is 95.5 cm³/mol. The number of alkyl halides is 3. The fourth-order valence-electron chi connectivity index (χ4n) is 2.97. The van der Waals surface area contributed by atoms with Gasteiger partial charge in [-0.1, -0.05) is 6.07 Å². The number of imidazole rings is 1. The summed E-state index contributed by atoms with van der Waals surface area (Å²) in [4.78, 5) is 4.04. The molecule has 3 aromatic rings. The molecule has 150 valence electrons. The van der Waals surface area contributed by atoms with Crippen molar-refractivity contribution in [3.8, 4) is 0 Å². The minimum Gasteiger partial charge on any atom is -0.327 e. The van der Waals surface area contributed by atoms with Crippen LogP contribution in [0.15, 0.2) is 47.4 Å². The first kappa shape index (κ1) is 20.3. The van der Waals surface area contributed by atoms with Crippen molar-refractivity contribution in [2.45, 2.75) is 37.5 Å². The number of sulfonamides is 1. The number of halogens is 4. The fraction of sp³-hybridized carbons (Fsp3) is 0.278. The monoisotopic (exact) mass is 415 g/mol. The van der Waals surface area contributed by atoms with Crippen molar-refractivity contribution in [2.75, 3.05) is 0 Å². The van der Waals surface area contributed by atoms with Crippen LogP contribution in [-0.4, -0.2) is 18.0 Å². The number of benzene rings is 2. The Morgan fingerprint density at radius 2 is 1.89 bits per heavy atom. The van der Waals surface area contributed by atoms with E-state index >= 15 is 0 Å². The van der Waals surface area contributed by atoms with Crippen molar-refractivity contribution in [1.29, 1.82) is 0 Å². The molecule has 0 saturated carbocycles. The lowest BCUT2D eigenvalue weighted by atomic mass is 10.2. The summed E-state index contributed by atoms with van der Waals surface area (Å²) in [6, 6.07) is 6.84. The molecule has 0 bridgehead atoms. The van der Waals surface area contributed by atoms with Gasteiger partial charge < -0.3 is 4.57 Å². The molecule has 0 unspecified atom stereocenters. The van der Waals surface area contributed by atoms with E-state index in [0.717, 1.165) is 24.3 Å². The van der Waals surface area contributed by atoms with Crippen LogP contribution in [0, 0.1) is 5.82 Å². The van der Waals surface area contributed by atoms with E-state index in [4.69, 9.17) is 0 Å². The molecule has 2 aromatic carbocycles. The van der Waals surface area contributed by atoms with Crippen LogP contribution in [0.1, 0.15) is 31.3 Å². The van der Waals surface area contributed by atoms with Gasteiger partial charge in [0.15, 0.2) is 0 Å². The van der Waals surface area contributed by atoms with Crippen LogP contribution >= 0.6 is 0 Å². The Hall–Kier alpha value is -2.46. The molecule has 5 nitrogen and oxygen atoms in total. The Labute approximate surface area is 159 Å². The Morgan fingerprint density at radius 3 is 2.50 bits per heavy atom. The van der Waals surface area contributed by atoms with Crippen molar-refractivity contribution in [1.82, 2.24) is 14.3 Å². The smallest absolute Gasteiger partial charge is 0.327 e. The van der Waals surface area contributed by atoms with Crippen LogP contribution in [0.4, 0.5) is 17.6 Å². The van der Waals surface area contributed by atoms with Gasteiger partial charge in [-0.15, -0.1) is 0 Å². The third-order valence-electron chi connectivity index (χ3n) is 4.25. The maximum absolute atomic E-state index is 13.3. The Morgan fingerprint density at radius 1 is 1.18 bits per heavy atom. The van der Waals surface area contributed by atoms with Gasteiger partial charge >= 0.3 is 6.18 Å². The molecule has 0 spiro atoms. The van der Waals surface area contributed by atoms with Crippen molar-refractivity contribution in [3.05, 3.63) is 59.7 Å². The molecule has 0 aliphatic carbocycles. The highest BCUT2D eigenvalue weighted by Gasteiger charge is 2.31. The van der Waals surface area contributed by atoms with Gasteiger partial charge in [-0.25, -0.2) is 22.5 Å². The van der Waals surface area contributed by atoms with Gasteiger partial charge in [0.1, 0.15) is 11.6 Å². The highest BCUT2D eigenvalue weighted by molar-refractivity contribution is 7.89. The Bertz CT molecular complexity index is 1120. The normalized spacial score (nSPS) is 13.8. The molecule has 1 aromatic heterocycles. The van der Waals surface area contributed by atoms with Crippen LogP contribution in [0.5, 0.6) is 0 Å². The lowest BCUT2D eigenvalue weighted by molar-refractivity contribution is -0.137. The Kier molecular flexibility index (Phi) is 5.20. The van der Waals surface area contributed by atoms with Crippen LogP contribution in [-0.2, 0) is 22.7 Å². The lowest BCUT2D eigenvalue weighted by Gasteiger charge is -2.16. The number of hydrogen-bond donors (Lipinski definition) is 1. The second kappa shape index (κ2) is 7.17. The molecule has 0 amide bonds. The third-order valence-corrected chi connectivity index (χ3v) is 5.79. The summed E-state index contributed by atoms with van der Waals surface area (Å²) in [5.41, 5.74) is -0.236. The summed E-state index contributed by atoms with van der Waals surface area (Å²) < 4.78 is 81.3. The number of rotatable bonds is 5. The highest BCUT2D eigenvalue weighted by Crippen LogP contribution is 2.32. The SMILES string of the molecule is CCn1c([C@@H](C)NS(=O)(=O)c2cccc(F)c2)nc2ccc(C(F)(F)F)cc21. The Balaban J connectivity index is 2.00. The molecule has 0 aliphatic heterocycles. The first-order valence-corrected chi connectivity index (χ1v) is 9.86. The van der Waals surface area contributed by atoms with Gasteiger partial charge in [0, 0.05) is 6.54 Å². The quantitative estimate of drug-likeness (QED) is 0.634. The first-order chi connectivity index (χ1) is 13.0. The van der Waals surface area contributed by atoms with Gasteiger partial charge in [0.05, 0.1) is 27.5 Å². The van der Waals surface area contributed by atoms with E-state index < -0.39 is 33.6 Å². The second-order valence-electron chi connectivity index (χ2n) is 6.22. The van der Waals surface area contributed by atoms with E-state index in [2.05, 4.69) is 9.71 Å². The summed E-state index contributed by atoms with van der Waals surface area (Å²) in [7, 11) is -4.05. The van der Waals surface area contributed by atoms with Gasteiger partial charge in [0.25, 0.3) is 0 Å². The van der Waals surface area contributed by atoms with Crippen molar-refractivity contribution < 1.29 is 26.0 Å². The average Bonchev–Trinajstić information content (AvgIpc) is 2.98. The van der Waals surface area contributed by atoms with E-state index in [9.17, 15) is 26.0 Å². The average molecular weight is 415 g/mol. The van der Waals surface area contributed by atoms with Crippen LogP contribution in [0.3, 0.4) is 0 Å². The molecule has 1 atom stereocenters. The molecular weight excluding hydrogens is 398 g/mol. The number of aromatic nitrogens is 2. The third kappa shape index (κ3) is 3.88. The molecule has 28 heavy (non-hydrogen) atoms. The lowest BCUT2D eigenvalue weighted by Crippen LogP contribution is -2.29. The first-order valence-electron chi connectivity index (χ1n) is 8.38. The molecule has 10 heteroatoms. The molecule has 0 saturated heterocycles. The van der Waals surface area contributed by atoms with Gasteiger partial charge in [-0.3, -0.25) is 0 Å². The van der Waals surface area contributed by atoms with Crippen molar-refractivity contribution in [3.63, 3.8) is 0 Å². The molecule has 1 heterocycles.